The van der Waals surface area contributed by atoms with Gasteiger partial charge in [-0.2, -0.15) is 4.99 Å². The maximum absolute atomic E-state index is 11.9. The summed E-state index contributed by atoms with van der Waals surface area (Å²) >= 11 is 2.71. The molecule has 3 heterocycles. The summed E-state index contributed by atoms with van der Waals surface area (Å²) < 4.78 is 0. The molecule has 0 atom stereocenters. The molecule has 2 aromatic heterocycles. The van der Waals surface area contributed by atoms with Gasteiger partial charge in [-0.15, -0.1) is 21.6 Å². The number of aromatic nitrogens is 1. The van der Waals surface area contributed by atoms with E-state index in [-0.39, 0.29) is 17.0 Å². The number of aromatic hydroxyl groups is 1. The maximum atomic E-state index is 11.9. The Kier molecular flexibility index (Phi) is 3.75. The van der Waals surface area contributed by atoms with Gasteiger partial charge in [-0.1, -0.05) is 24.3 Å². The Morgan fingerprint density at radius 2 is 2.04 bits per heavy atom. The highest BCUT2D eigenvalue weighted by molar-refractivity contribution is 8.18. The van der Waals surface area contributed by atoms with Gasteiger partial charge in [0.05, 0.1) is 10.4 Å². The summed E-state index contributed by atoms with van der Waals surface area (Å²) in [6, 6.07) is 11.2. The number of rotatable bonds is 2. The number of amides is 1. The number of para-hydroxylation sites is 1. The molecule has 1 aliphatic rings. The van der Waals surface area contributed by atoms with Crippen LogP contribution >= 0.6 is 23.1 Å². The summed E-state index contributed by atoms with van der Waals surface area (Å²) in [4.78, 5) is 20.1. The first-order chi connectivity index (χ1) is 11.7. The van der Waals surface area contributed by atoms with Crippen molar-refractivity contribution in [2.45, 2.75) is 0 Å². The topological polar surface area (TPSA) is 90.2 Å². The fourth-order valence-electron chi connectivity index (χ4n) is 2.25. The number of carbonyl (C=O) groups excluding carboxylic acids is 1. The van der Waals surface area contributed by atoms with Crippen LogP contribution < -0.4 is 0 Å². The van der Waals surface area contributed by atoms with Crippen molar-refractivity contribution in [3.05, 3.63) is 51.6 Å². The van der Waals surface area contributed by atoms with Gasteiger partial charge >= 0.3 is 0 Å². The minimum Gasteiger partial charge on any atom is -0.493 e. The lowest BCUT2D eigenvalue weighted by Crippen LogP contribution is -1.86. The number of H-pyrrole nitrogens is 1. The molecule has 0 saturated heterocycles. The highest BCUT2D eigenvalue weighted by atomic mass is 32.2. The van der Waals surface area contributed by atoms with E-state index in [0.717, 1.165) is 15.8 Å². The number of hydrogen-bond acceptors (Lipinski definition) is 6. The van der Waals surface area contributed by atoms with Crippen molar-refractivity contribution in [3.63, 3.8) is 0 Å². The van der Waals surface area contributed by atoms with Crippen LogP contribution in [0.15, 0.2) is 61.9 Å². The van der Waals surface area contributed by atoms with Crippen LogP contribution in [-0.2, 0) is 4.79 Å². The van der Waals surface area contributed by atoms with Crippen molar-refractivity contribution >= 4 is 56.8 Å². The lowest BCUT2D eigenvalue weighted by Gasteiger charge is -1.92. The zero-order chi connectivity index (χ0) is 16.5. The fraction of sp³-hybridized carbons (Fsp3) is 0. The van der Waals surface area contributed by atoms with Crippen LogP contribution in [0, 0.1) is 0 Å². The van der Waals surface area contributed by atoms with Crippen molar-refractivity contribution in [1.29, 1.82) is 0 Å². The standard InChI is InChI=1S/C16H10N4O2S2/c21-14-12(8-9-4-3-7-23-9)24-16(18-14)20-19-13-10-5-1-2-6-11(10)17-15(13)22/h1-8,17,22H/b12-8+,20-19?. The number of hydrogen-bond donors (Lipinski definition) is 2. The molecule has 2 N–H and O–H groups in total. The molecule has 0 radical (unpaired) electrons. The molecular weight excluding hydrogens is 344 g/mol. The van der Waals surface area contributed by atoms with Gasteiger partial charge in [0.25, 0.3) is 5.91 Å². The van der Waals surface area contributed by atoms with E-state index in [9.17, 15) is 9.90 Å². The largest absolute Gasteiger partial charge is 0.493 e. The molecule has 4 rings (SSSR count). The number of carbonyl (C=O) groups is 1. The summed E-state index contributed by atoms with van der Waals surface area (Å²) in [5.74, 6) is -0.394. The van der Waals surface area contributed by atoms with Gasteiger partial charge in [0.1, 0.15) is 0 Å². The van der Waals surface area contributed by atoms with Crippen LogP contribution in [0.25, 0.3) is 17.0 Å². The van der Waals surface area contributed by atoms with Crippen LogP contribution in [0.2, 0.25) is 0 Å². The summed E-state index contributed by atoms with van der Waals surface area (Å²) in [6.07, 6.45) is 1.78. The van der Waals surface area contributed by atoms with Crippen molar-refractivity contribution < 1.29 is 9.90 Å². The lowest BCUT2D eigenvalue weighted by atomic mass is 10.2. The Morgan fingerprint density at radius 1 is 1.17 bits per heavy atom. The molecular formula is C16H10N4O2S2. The highest BCUT2D eigenvalue weighted by Crippen LogP contribution is 2.36. The Hall–Kier alpha value is -2.71. The molecule has 0 bridgehead atoms. The van der Waals surface area contributed by atoms with Gasteiger partial charge in [0.15, 0.2) is 5.69 Å². The number of amidine groups is 1. The second-order valence-electron chi connectivity index (χ2n) is 4.89. The average Bonchev–Trinajstić information content (AvgIpc) is 3.26. The van der Waals surface area contributed by atoms with Crippen LogP contribution in [0.4, 0.5) is 5.69 Å². The van der Waals surface area contributed by atoms with Crippen LogP contribution in [-0.4, -0.2) is 21.2 Å². The number of fused-ring (bicyclic) bond motifs is 1. The molecule has 0 aliphatic carbocycles. The van der Waals surface area contributed by atoms with Crippen LogP contribution in [0.5, 0.6) is 5.88 Å². The molecule has 1 amide bonds. The number of aromatic amines is 1. The number of nitrogens with one attached hydrogen (secondary N) is 1. The minimum absolute atomic E-state index is 0.0655. The molecule has 0 unspecified atom stereocenters. The molecule has 0 saturated carbocycles. The molecule has 24 heavy (non-hydrogen) atoms. The van der Waals surface area contributed by atoms with Crippen molar-refractivity contribution in [1.82, 2.24) is 4.98 Å². The Morgan fingerprint density at radius 3 is 2.88 bits per heavy atom. The second kappa shape index (κ2) is 6.06. The SMILES string of the molecule is O=C1N=C(N=Nc2c(O)[nH]c3ccccc23)S/C1=C/c1cccs1. The van der Waals surface area contributed by atoms with Crippen molar-refractivity contribution in [2.24, 2.45) is 15.2 Å². The van der Waals surface area contributed by atoms with E-state index in [1.54, 1.807) is 17.4 Å². The Bertz CT molecular complexity index is 1020. The highest BCUT2D eigenvalue weighted by Gasteiger charge is 2.22. The lowest BCUT2D eigenvalue weighted by molar-refractivity contribution is -0.113. The minimum atomic E-state index is -0.328. The molecule has 0 spiro atoms. The average molecular weight is 354 g/mol. The number of nitrogens with zero attached hydrogens (tertiary/aromatic N) is 3. The molecule has 0 fully saturated rings. The third-order valence-corrected chi connectivity index (χ3v) is 5.01. The van der Waals surface area contributed by atoms with Gasteiger partial charge in [-0.25, -0.2) is 0 Å². The van der Waals surface area contributed by atoms with Gasteiger partial charge < -0.3 is 10.1 Å². The summed E-state index contributed by atoms with van der Waals surface area (Å²) in [5, 5.41) is 21.0. The monoisotopic (exact) mass is 354 g/mol. The number of azo groups is 1. The molecule has 118 valence electrons. The zero-order valence-corrected chi connectivity index (χ0v) is 13.8. The van der Waals surface area contributed by atoms with E-state index in [4.69, 9.17) is 0 Å². The predicted octanol–water partition coefficient (Wildman–Crippen LogP) is 4.69. The first kappa shape index (κ1) is 14.9. The molecule has 1 aliphatic heterocycles. The number of benzene rings is 1. The van der Waals surface area contributed by atoms with E-state index in [0.29, 0.717) is 10.6 Å². The first-order valence-corrected chi connectivity index (χ1v) is 8.68. The smallest absolute Gasteiger partial charge is 0.286 e. The number of thioether (sulfide) groups is 1. The summed E-state index contributed by atoms with van der Waals surface area (Å²) in [7, 11) is 0. The molecule has 8 heteroatoms. The predicted molar refractivity (Wildman–Crippen MR) is 96.8 cm³/mol. The molecule has 1 aromatic carbocycles. The number of thiophene rings is 1. The van der Waals surface area contributed by atoms with Crippen molar-refractivity contribution in [2.75, 3.05) is 0 Å². The van der Waals surface area contributed by atoms with E-state index in [1.807, 2.05) is 41.8 Å². The maximum Gasteiger partial charge on any atom is 0.286 e. The Labute approximate surface area is 144 Å². The summed E-state index contributed by atoms with van der Waals surface area (Å²) in [5.41, 5.74) is 1.09. The van der Waals surface area contributed by atoms with E-state index >= 15 is 0 Å². The van der Waals surface area contributed by atoms with Crippen LogP contribution in [0.3, 0.4) is 0 Å². The first-order valence-electron chi connectivity index (χ1n) is 6.98. The quantitative estimate of drug-likeness (QED) is 0.517. The fourth-order valence-corrected chi connectivity index (χ4v) is 3.71. The Balaban J connectivity index is 1.59. The summed E-state index contributed by atoms with van der Waals surface area (Å²) in [6.45, 7) is 0. The second-order valence-corrected chi connectivity index (χ2v) is 6.88. The molecule has 6 nitrogen and oxygen atoms in total. The number of aliphatic imine (C=N–C) groups is 1. The third kappa shape index (κ3) is 2.77. The van der Waals surface area contributed by atoms with Gasteiger partial charge in [0, 0.05) is 10.3 Å². The van der Waals surface area contributed by atoms with Gasteiger partial charge in [0.2, 0.25) is 11.0 Å². The van der Waals surface area contributed by atoms with E-state index < -0.39 is 0 Å². The third-order valence-electron chi connectivity index (χ3n) is 3.32. The normalized spacial score (nSPS) is 16.6. The van der Waals surface area contributed by atoms with Crippen LogP contribution in [0.1, 0.15) is 4.88 Å². The van der Waals surface area contributed by atoms with Crippen molar-refractivity contribution in [3.8, 4) is 5.88 Å². The van der Waals surface area contributed by atoms with E-state index in [1.165, 1.54) is 11.8 Å². The molecule has 3 aromatic rings. The van der Waals surface area contributed by atoms with Gasteiger partial charge in [-0.05, 0) is 35.4 Å². The zero-order valence-electron chi connectivity index (χ0n) is 12.1. The van der Waals surface area contributed by atoms with Gasteiger partial charge in [-0.3, -0.25) is 4.79 Å². The van der Waals surface area contributed by atoms with E-state index in [2.05, 4.69) is 20.2 Å².